The molecular weight excluding hydrogens is 122 g/mol. The van der Waals surface area contributed by atoms with Crippen molar-refractivity contribution in [2.24, 2.45) is 0 Å². The molecule has 0 N–H and O–H groups in total. The predicted molar refractivity (Wildman–Crippen MR) is 34.6 cm³/mol. The maximum Gasteiger partial charge on any atom is 0.266 e. The largest absolute Gasteiger partial charge is 0.266 e. The van der Waals surface area contributed by atoms with Crippen LogP contribution in [0.25, 0.3) is 0 Å². The van der Waals surface area contributed by atoms with E-state index in [0.29, 0.717) is 0 Å². The van der Waals surface area contributed by atoms with E-state index in [1.54, 1.807) is 0 Å². The van der Waals surface area contributed by atoms with Gasteiger partial charge >= 0.3 is 0 Å². The summed E-state index contributed by atoms with van der Waals surface area (Å²) < 4.78 is 24.4. The first-order chi connectivity index (χ1) is 3.98. The first kappa shape index (κ1) is 8.34. The van der Waals surface area contributed by atoms with Crippen LogP contribution in [0.5, 0.6) is 0 Å². The van der Waals surface area contributed by atoms with E-state index in [1.807, 2.05) is 0 Å². The van der Waals surface area contributed by atoms with E-state index in [-0.39, 0.29) is 5.57 Å². The molecule has 0 atom stereocenters. The Bertz CT molecular complexity index is 128. The fraction of sp³-hybridized carbons (Fsp3) is 0.429. The summed E-state index contributed by atoms with van der Waals surface area (Å²) in [7, 11) is 0. The Labute approximate surface area is 53.9 Å². The van der Waals surface area contributed by atoms with Crippen LogP contribution in [0.4, 0.5) is 8.78 Å². The molecule has 0 aromatic heterocycles. The SMILES string of the molecule is C=C/C=C(\C)C(C)(F)F. The fourth-order valence-corrected chi connectivity index (χ4v) is 0.323. The molecule has 0 unspecified atom stereocenters. The van der Waals surface area contributed by atoms with Gasteiger partial charge in [0.15, 0.2) is 0 Å². The summed E-state index contributed by atoms with van der Waals surface area (Å²) in [6.45, 7) is 5.54. The first-order valence-electron chi connectivity index (χ1n) is 2.66. The van der Waals surface area contributed by atoms with Gasteiger partial charge in [-0.3, -0.25) is 0 Å². The molecule has 0 spiro atoms. The van der Waals surface area contributed by atoms with Gasteiger partial charge in [-0.15, -0.1) is 0 Å². The number of hydrogen-bond donors (Lipinski definition) is 0. The fourth-order valence-electron chi connectivity index (χ4n) is 0.323. The van der Waals surface area contributed by atoms with E-state index in [9.17, 15) is 8.78 Å². The molecule has 2 heteroatoms. The van der Waals surface area contributed by atoms with Gasteiger partial charge in [-0.05, 0) is 12.5 Å². The van der Waals surface area contributed by atoms with E-state index >= 15 is 0 Å². The van der Waals surface area contributed by atoms with Gasteiger partial charge in [0.2, 0.25) is 0 Å². The highest BCUT2D eigenvalue weighted by atomic mass is 19.3. The summed E-state index contributed by atoms with van der Waals surface area (Å²) >= 11 is 0. The van der Waals surface area contributed by atoms with Gasteiger partial charge in [0.05, 0.1) is 0 Å². The van der Waals surface area contributed by atoms with Gasteiger partial charge < -0.3 is 0 Å². The molecule has 0 fully saturated rings. The van der Waals surface area contributed by atoms with E-state index in [1.165, 1.54) is 19.1 Å². The third-order valence-electron chi connectivity index (χ3n) is 1.06. The van der Waals surface area contributed by atoms with Gasteiger partial charge in [0, 0.05) is 6.92 Å². The summed E-state index contributed by atoms with van der Waals surface area (Å²) in [4.78, 5) is 0. The van der Waals surface area contributed by atoms with Gasteiger partial charge in [0.25, 0.3) is 5.92 Å². The molecule has 0 aliphatic carbocycles. The standard InChI is InChI=1S/C7H10F2/c1-4-5-6(2)7(3,8)9/h4-5H,1H2,2-3H3/b6-5+. The summed E-state index contributed by atoms with van der Waals surface area (Å²) in [5.41, 5.74) is 0.0394. The average molecular weight is 132 g/mol. The molecule has 0 aromatic rings. The highest BCUT2D eigenvalue weighted by molar-refractivity contribution is 5.14. The maximum absolute atomic E-state index is 12.2. The summed E-state index contributed by atoms with van der Waals surface area (Å²) in [5.74, 6) is -2.70. The van der Waals surface area contributed by atoms with Crippen molar-refractivity contribution in [3.8, 4) is 0 Å². The van der Waals surface area contributed by atoms with Crippen molar-refractivity contribution in [2.75, 3.05) is 0 Å². The minimum atomic E-state index is -2.70. The third kappa shape index (κ3) is 3.01. The molecule has 52 valence electrons. The van der Waals surface area contributed by atoms with Crippen LogP contribution < -0.4 is 0 Å². The van der Waals surface area contributed by atoms with Crippen LogP contribution in [-0.4, -0.2) is 5.92 Å². The molecule has 0 amide bonds. The van der Waals surface area contributed by atoms with E-state index in [4.69, 9.17) is 0 Å². The molecule has 0 heterocycles. The number of rotatable bonds is 2. The second-order valence-electron chi connectivity index (χ2n) is 1.97. The van der Waals surface area contributed by atoms with Crippen LogP contribution in [0, 0.1) is 0 Å². The van der Waals surface area contributed by atoms with E-state index < -0.39 is 5.92 Å². The second kappa shape index (κ2) is 2.76. The van der Waals surface area contributed by atoms with Crippen LogP contribution in [0.2, 0.25) is 0 Å². The van der Waals surface area contributed by atoms with Crippen molar-refractivity contribution in [2.45, 2.75) is 19.8 Å². The molecule has 9 heavy (non-hydrogen) atoms. The lowest BCUT2D eigenvalue weighted by atomic mass is 10.2. The van der Waals surface area contributed by atoms with Crippen LogP contribution in [0.15, 0.2) is 24.3 Å². The van der Waals surface area contributed by atoms with Gasteiger partial charge in [-0.25, -0.2) is 8.78 Å². The number of alkyl halides is 2. The Kier molecular flexibility index (Phi) is 2.56. The Morgan fingerprint density at radius 1 is 1.56 bits per heavy atom. The maximum atomic E-state index is 12.2. The molecule has 0 saturated heterocycles. The molecule has 0 saturated carbocycles. The van der Waals surface area contributed by atoms with Crippen LogP contribution in [-0.2, 0) is 0 Å². The lowest BCUT2D eigenvalue weighted by Crippen LogP contribution is -2.10. The van der Waals surface area contributed by atoms with Crippen LogP contribution in [0.1, 0.15) is 13.8 Å². The van der Waals surface area contributed by atoms with E-state index in [0.717, 1.165) is 6.92 Å². The zero-order chi connectivity index (χ0) is 7.49. The van der Waals surface area contributed by atoms with Crippen molar-refractivity contribution in [3.63, 3.8) is 0 Å². The first-order valence-corrected chi connectivity index (χ1v) is 2.66. The molecule has 0 bridgehead atoms. The zero-order valence-electron chi connectivity index (χ0n) is 5.62. The highest BCUT2D eigenvalue weighted by Crippen LogP contribution is 2.21. The molecular formula is C7H10F2. The molecule has 0 aliphatic heterocycles. The average Bonchev–Trinajstić information content (AvgIpc) is 1.64. The lowest BCUT2D eigenvalue weighted by molar-refractivity contribution is 0.0635. The zero-order valence-corrected chi connectivity index (χ0v) is 5.62. The van der Waals surface area contributed by atoms with Gasteiger partial charge in [0.1, 0.15) is 0 Å². The molecule has 0 aromatic carbocycles. The van der Waals surface area contributed by atoms with Crippen molar-refractivity contribution < 1.29 is 8.78 Å². The van der Waals surface area contributed by atoms with Gasteiger partial charge in [-0.2, -0.15) is 0 Å². The van der Waals surface area contributed by atoms with Crippen molar-refractivity contribution in [1.29, 1.82) is 0 Å². The summed E-state index contributed by atoms with van der Waals surface area (Å²) in [5, 5.41) is 0. The summed E-state index contributed by atoms with van der Waals surface area (Å²) in [6, 6.07) is 0. The van der Waals surface area contributed by atoms with Crippen molar-refractivity contribution >= 4 is 0 Å². The number of allylic oxidation sites excluding steroid dienone is 3. The minimum absolute atomic E-state index is 0.0394. The monoisotopic (exact) mass is 132 g/mol. The Morgan fingerprint density at radius 2 is 2.00 bits per heavy atom. The van der Waals surface area contributed by atoms with Crippen molar-refractivity contribution in [1.82, 2.24) is 0 Å². The second-order valence-corrected chi connectivity index (χ2v) is 1.97. The molecule has 0 aliphatic rings. The Hall–Kier alpha value is -0.660. The Morgan fingerprint density at radius 3 is 2.11 bits per heavy atom. The lowest BCUT2D eigenvalue weighted by Gasteiger charge is -2.08. The third-order valence-corrected chi connectivity index (χ3v) is 1.06. The van der Waals surface area contributed by atoms with Gasteiger partial charge in [-0.1, -0.05) is 18.7 Å². The van der Waals surface area contributed by atoms with Crippen molar-refractivity contribution in [3.05, 3.63) is 24.3 Å². The normalized spacial score (nSPS) is 13.6. The molecule has 0 nitrogen and oxygen atoms in total. The van der Waals surface area contributed by atoms with Crippen LogP contribution in [0.3, 0.4) is 0 Å². The molecule has 0 radical (unpaired) electrons. The highest BCUT2D eigenvalue weighted by Gasteiger charge is 2.22. The predicted octanol–water partition coefficient (Wildman–Crippen LogP) is 2.77. The van der Waals surface area contributed by atoms with Crippen LogP contribution >= 0.6 is 0 Å². The number of hydrogen-bond acceptors (Lipinski definition) is 0. The Balaban J connectivity index is 4.19. The quantitative estimate of drug-likeness (QED) is 0.507. The topological polar surface area (TPSA) is 0 Å². The smallest absolute Gasteiger partial charge is 0.202 e. The number of halogens is 2. The van der Waals surface area contributed by atoms with E-state index in [2.05, 4.69) is 6.58 Å². The summed E-state index contributed by atoms with van der Waals surface area (Å²) in [6.07, 6.45) is 2.66. The minimum Gasteiger partial charge on any atom is -0.202 e. The molecule has 0 rings (SSSR count).